The van der Waals surface area contributed by atoms with Crippen molar-refractivity contribution in [2.45, 2.75) is 23.3 Å². The average Bonchev–Trinajstić information content (AvgIpc) is 3.28. The number of aromatic nitrogens is 1. The van der Waals surface area contributed by atoms with Crippen molar-refractivity contribution in [3.05, 3.63) is 42.5 Å². The Hall–Kier alpha value is -3.24. The molecular formula is C23H26N2O7S. The molecule has 9 nitrogen and oxygen atoms in total. The van der Waals surface area contributed by atoms with E-state index in [-0.39, 0.29) is 21.7 Å². The molecule has 1 aliphatic heterocycles. The number of ether oxygens (including phenoxy) is 4. The number of nitrogens with zero attached hydrogens (tertiary/aromatic N) is 1. The van der Waals surface area contributed by atoms with Crippen molar-refractivity contribution in [3.63, 3.8) is 0 Å². The van der Waals surface area contributed by atoms with E-state index in [1.807, 2.05) is 13.0 Å². The molecule has 0 fully saturated rings. The van der Waals surface area contributed by atoms with Crippen LogP contribution in [0.2, 0.25) is 0 Å². The predicted octanol–water partition coefficient (Wildman–Crippen LogP) is 3.79. The van der Waals surface area contributed by atoms with Crippen LogP contribution in [-0.4, -0.2) is 53.5 Å². The molecule has 0 atom stereocenters. The Bertz CT molecular complexity index is 1210. The Balaban J connectivity index is 1.72. The largest absolute Gasteiger partial charge is 0.496 e. The molecule has 33 heavy (non-hydrogen) atoms. The standard InChI is InChI=1S/C23H26N2O7S/c1-3-29-12-6-11-24-22-23(25-21(32-22)17-7-4-5-8-18(17)28-2)33(26,27)16-9-10-19-20(15-16)31-14-13-30-19/h4-5,7-10,15,24H,3,6,11-14H2,1-2H3. The van der Waals surface area contributed by atoms with Gasteiger partial charge in [0.05, 0.1) is 17.6 Å². The molecule has 0 spiro atoms. The van der Waals surface area contributed by atoms with Crippen molar-refractivity contribution in [2.24, 2.45) is 0 Å². The van der Waals surface area contributed by atoms with Gasteiger partial charge in [-0.2, -0.15) is 4.98 Å². The summed E-state index contributed by atoms with van der Waals surface area (Å²) in [7, 11) is -2.50. The predicted molar refractivity (Wildman–Crippen MR) is 121 cm³/mol. The molecule has 0 amide bonds. The third-order valence-electron chi connectivity index (χ3n) is 4.97. The molecule has 0 radical (unpaired) electrons. The van der Waals surface area contributed by atoms with Gasteiger partial charge in [-0.05, 0) is 37.6 Å². The van der Waals surface area contributed by atoms with Gasteiger partial charge in [0, 0.05) is 25.8 Å². The topological polar surface area (TPSA) is 109 Å². The summed E-state index contributed by atoms with van der Waals surface area (Å²) in [5.74, 6) is 1.59. The summed E-state index contributed by atoms with van der Waals surface area (Å²) in [5, 5.41) is 2.84. The van der Waals surface area contributed by atoms with Crippen molar-refractivity contribution in [1.29, 1.82) is 0 Å². The van der Waals surface area contributed by atoms with Gasteiger partial charge in [0.1, 0.15) is 19.0 Å². The molecule has 1 aromatic heterocycles. The first kappa shape index (κ1) is 22.9. The lowest BCUT2D eigenvalue weighted by molar-refractivity contribution is 0.147. The normalized spacial score (nSPS) is 13.0. The molecule has 176 valence electrons. The lowest BCUT2D eigenvalue weighted by Crippen LogP contribution is -2.16. The minimum atomic E-state index is -4.03. The van der Waals surface area contributed by atoms with Gasteiger partial charge in [-0.15, -0.1) is 0 Å². The summed E-state index contributed by atoms with van der Waals surface area (Å²) in [4.78, 5) is 4.40. The molecular weight excluding hydrogens is 448 g/mol. The third-order valence-corrected chi connectivity index (χ3v) is 6.63. The molecule has 0 saturated heterocycles. The van der Waals surface area contributed by atoms with E-state index in [9.17, 15) is 8.42 Å². The second-order valence-electron chi connectivity index (χ2n) is 7.14. The van der Waals surface area contributed by atoms with E-state index in [4.69, 9.17) is 23.4 Å². The SMILES string of the molecule is CCOCCCNc1oc(-c2ccccc2OC)nc1S(=O)(=O)c1ccc2c(c1)OCCO2. The van der Waals surface area contributed by atoms with Crippen LogP contribution < -0.4 is 19.5 Å². The highest BCUT2D eigenvalue weighted by atomic mass is 32.2. The van der Waals surface area contributed by atoms with Crippen molar-refractivity contribution in [2.75, 3.05) is 45.4 Å². The van der Waals surface area contributed by atoms with Gasteiger partial charge in [0.25, 0.3) is 0 Å². The molecule has 0 bridgehead atoms. The fraction of sp³-hybridized carbons (Fsp3) is 0.348. The van der Waals surface area contributed by atoms with E-state index in [1.54, 1.807) is 24.3 Å². The first-order valence-electron chi connectivity index (χ1n) is 10.6. The lowest BCUT2D eigenvalue weighted by Gasteiger charge is -2.18. The summed E-state index contributed by atoms with van der Waals surface area (Å²) in [6.07, 6.45) is 0.669. The minimum Gasteiger partial charge on any atom is -0.496 e. The average molecular weight is 475 g/mol. The van der Waals surface area contributed by atoms with Crippen LogP contribution in [0.3, 0.4) is 0 Å². The number of fused-ring (bicyclic) bond motifs is 1. The Morgan fingerprint density at radius 3 is 2.67 bits per heavy atom. The van der Waals surface area contributed by atoms with E-state index in [2.05, 4.69) is 10.3 Å². The molecule has 10 heteroatoms. The van der Waals surface area contributed by atoms with Crippen LogP contribution in [0.1, 0.15) is 13.3 Å². The summed E-state index contributed by atoms with van der Waals surface area (Å²) < 4.78 is 54.8. The van der Waals surface area contributed by atoms with Gasteiger partial charge in [-0.25, -0.2) is 8.42 Å². The van der Waals surface area contributed by atoms with Crippen LogP contribution >= 0.6 is 0 Å². The highest BCUT2D eigenvalue weighted by molar-refractivity contribution is 7.91. The fourth-order valence-corrected chi connectivity index (χ4v) is 4.65. The number of hydrogen-bond donors (Lipinski definition) is 1. The van der Waals surface area contributed by atoms with Crippen LogP contribution in [0.25, 0.3) is 11.5 Å². The number of methoxy groups -OCH3 is 1. The maximum atomic E-state index is 13.6. The number of anilines is 1. The number of rotatable bonds is 10. The van der Waals surface area contributed by atoms with Gasteiger partial charge >= 0.3 is 0 Å². The molecule has 2 heterocycles. The van der Waals surface area contributed by atoms with Gasteiger partial charge in [0.15, 0.2) is 11.5 Å². The summed E-state index contributed by atoms with van der Waals surface area (Å²) in [5.41, 5.74) is 0.543. The zero-order chi connectivity index (χ0) is 23.3. The number of oxazole rings is 1. The molecule has 3 aromatic rings. The van der Waals surface area contributed by atoms with Gasteiger partial charge in [-0.1, -0.05) is 12.1 Å². The molecule has 0 saturated carbocycles. The van der Waals surface area contributed by atoms with Crippen molar-refractivity contribution >= 4 is 15.7 Å². The molecule has 0 aliphatic carbocycles. The first-order valence-corrected chi connectivity index (χ1v) is 12.1. The van der Waals surface area contributed by atoms with Crippen LogP contribution in [-0.2, 0) is 14.6 Å². The van der Waals surface area contributed by atoms with Crippen molar-refractivity contribution in [1.82, 2.24) is 4.98 Å². The molecule has 4 rings (SSSR count). The first-order chi connectivity index (χ1) is 16.0. The van der Waals surface area contributed by atoms with Crippen LogP contribution in [0.4, 0.5) is 5.88 Å². The van der Waals surface area contributed by atoms with Gasteiger partial charge in [0.2, 0.25) is 26.6 Å². The molecule has 1 N–H and O–H groups in total. The zero-order valence-corrected chi connectivity index (χ0v) is 19.3. The number of para-hydroxylation sites is 1. The number of sulfone groups is 1. The molecule has 0 unspecified atom stereocenters. The van der Waals surface area contributed by atoms with E-state index < -0.39 is 9.84 Å². The van der Waals surface area contributed by atoms with Crippen LogP contribution in [0, 0.1) is 0 Å². The maximum absolute atomic E-state index is 13.6. The Morgan fingerprint density at radius 2 is 1.88 bits per heavy atom. The fourth-order valence-electron chi connectivity index (χ4n) is 3.36. The van der Waals surface area contributed by atoms with E-state index in [0.717, 1.165) is 0 Å². The minimum absolute atomic E-state index is 0.0315. The maximum Gasteiger partial charge on any atom is 0.233 e. The Morgan fingerprint density at radius 1 is 1.09 bits per heavy atom. The highest BCUT2D eigenvalue weighted by Crippen LogP contribution is 2.38. The highest BCUT2D eigenvalue weighted by Gasteiger charge is 2.30. The number of hydrogen-bond acceptors (Lipinski definition) is 9. The monoisotopic (exact) mass is 474 g/mol. The van der Waals surface area contributed by atoms with Gasteiger partial charge < -0.3 is 28.7 Å². The molecule has 1 aliphatic rings. The van der Waals surface area contributed by atoms with Crippen LogP contribution in [0.5, 0.6) is 17.2 Å². The summed E-state index contributed by atoms with van der Waals surface area (Å²) in [6, 6.07) is 11.6. The zero-order valence-electron chi connectivity index (χ0n) is 18.5. The van der Waals surface area contributed by atoms with E-state index >= 15 is 0 Å². The quantitative estimate of drug-likeness (QED) is 0.439. The van der Waals surface area contributed by atoms with Gasteiger partial charge in [-0.3, -0.25) is 0 Å². The number of nitrogens with one attached hydrogen (secondary N) is 1. The number of benzene rings is 2. The second kappa shape index (κ2) is 10.1. The summed E-state index contributed by atoms with van der Waals surface area (Å²) in [6.45, 7) is 4.29. The smallest absolute Gasteiger partial charge is 0.233 e. The third kappa shape index (κ3) is 4.91. The van der Waals surface area contributed by atoms with Crippen molar-refractivity contribution < 1.29 is 31.8 Å². The summed E-state index contributed by atoms with van der Waals surface area (Å²) >= 11 is 0. The van der Waals surface area contributed by atoms with Crippen LogP contribution in [0.15, 0.2) is 56.8 Å². The van der Waals surface area contributed by atoms with E-state index in [1.165, 1.54) is 19.2 Å². The van der Waals surface area contributed by atoms with E-state index in [0.29, 0.717) is 62.2 Å². The Labute approximate surface area is 192 Å². The Kier molecular flexibility index (Phi) is 7.05. The molecule has 2 aromatic carbocycles. The van der Waals surface area contributed by atoms with Crippen molar-refractivity contribution in [3.8, 4) is 28.7 Å². The lowest BCUT2D eigenvalue weighted by atomic mass is 10.2. The second-order valence-corrected chi connectivity index (χ2v) is 9.00.